The zero-order valence-corrected chi connectivity index (χ0v) is 24.3. The first kappa shape index (κ1) is 29.7. The van der Waals surface area contributed by atoms with E-state index in [1.54, 1.807) is 45.8 Å². The van der Waals surface area contributed by atoms with E-state index in [9.17, 15) is 19.5 Å². The molecule has 3 aliphatic rings. The maximum Gasteiger partial charge on any atom is 0.310 e. The fourth-order valence-corrected chi connectivity index (χ4v) is 9.36. The Kier molecular flexibility index (Phi) is 9.50. The number of para-hydroxylation sites is 1. The second-order valence-corrected chi connectivity index (χ2v) is 12.6. The molecular formula is C30H39ClN2O5S. The van der Waals surface area contributed by atoms with Gasteiger partial charge in [-0.05, 0) is 50.2 Å². The third-order valence-corrected chi connectivity index (χ3v) is 10.9. The number of benzene rings is 1. The number of likely N-dealkylation sites (tertiary alicyclic amines) is 1. The molecule has 1 N–H and O–H groups in total. The van der Waals surface area contributed by atoms with Crippen LogP contribution in [0.1, 0.15) is 46.0 Å². The highest BCUT2D eigenvalue weighted by Gasteiger charge is 2.77. The Morgan fingerprint density at radius 1 is 1.31 bits per heavy atom. The minimum Gasteiger partial charge on any atom is -0.465 e. The van der Waals surface area contributed by atoms with Gasteiger partial charge in [0.25, 0.3) is 5.91 Å². The van der Waals surface area contributed by atoms with Crippen LogP contribution in [0, 0.1) is 17.8 Å². The SMILES string of the molecule is C=CCCCCOC(=O)[C@@H]1[C@H]2C(=O)N([C@@H](CC)CO)C(C(=O)N(CC=C)c3ccccc3Cl)C23S[C@@H]1CC3C. The summed E-state index contributed by atoms with van der Waals surface area (Å²) in [6.07, 6.45) is 7.12. The molecule has 0 saturated carbocycles. The topological polar surface area (TPSA) is 87.1 Å². The molecule has 7 atom stereocenters. The lowest BCUT2D eigenvalue weighted by Gasteiger charge is -2.42. The molecule has 3 heterocycles. The first-order valence-corrected chi connectivity index (χ1v) is 15.1. The van der Waals surface area contributed by atoms with Crippen LogP contribution in [0.4, 0.5) is 5.69 Å². The van der Waals surface area contributed by atoms with E-state index in [4.69, 9.17) is 16.3 Å². The van der Waals surface area contributed by atoms with E-state index >= 15 is 0 Å². The van der Waals surface area contributed by atoms with E-state index in [0.29, 0.717) is 30.2 Å². The summed E-state index contributed by atoms with van der Waals surface area (Å²) in [5.41, 5.74) is 0.536. The molecule has 4 rings (SSSR count). The van der Waals surface area contributed by atoms with Gasteiger partial charge in [-0.1, -0.05) is 49.7 Å². The van der Waals surface area contributed by atoms with Crippen molar-refractivity contribution in [3.05, 3.63) is 54.6 Å². The van der Waals surface area contributed by atoms with Crippen LogP contribution in [0.5, 0.6) is 0 Å². The Labute approximate surface area is 240 Å². The third kappa shape index (κ3) is 5.04. The molecule has 39 heavy (non-hydrogen) atoms. The Bertz CT molecular complexity index is 1110. The van der Waals surface area contributed by atoms with Crippen LogP contribution >= 0.6 is 23.4 Å². The molecule has 3 fully saturated rings. The number of unbranched alkanes of at least 4 members (excludes halogenated alkanes) is 2. The summed E-state index contributed by atoms with van der Waals surface area (Å²) < 4.78 is 4.89. The summed E-state index contributed by atoms with van der Waals surface area (Å²) in [4.78, 5) is 45.5. The van der Waals surface area contributed by atoms with Crippen LogP contribution in [0.2, 0.25) is 5.02 Å². The lowest BCUT2D eigenvalue weighted by Crippen LogP contribution is -2.59. The van der Waals surface area contributed by atoms with Crippen molar-refractivity contribution in [1.82, 2.24) is 4.90 Å². The maximum atomic E-state index is 14.6. The zero-order chi connectivity index (χ0) is 28.3. The molecular weight excluding hydrogens is 536 g/mol. The van der Waals surface area contributed by atoms with Gasteiger partial charge in [0.2, 0.25) is 5.91 Å². The highest BCUT2D eigenvalue weighted by molar-refractivity contribution is 8.02. The minimum absolute atomic E-state index is 0.00469. The Morgan fingerprint density at radius 3 is 2.69 bits per heavy atom. The van der Waals surface area contributed by atoms with Crippen molar-refractivity contribution in [1.29, 1.82) is 0 Å². The highest BCUT2D eigenvalue weighted by Crippen LogP contribution is 2.69. The fraction of sp³-hybridized carbons (Fsp3) is 0.567. The predicted molar refractivity (Wildman–Crippen MR) is 156 cm³/mol. The van der Waals surface area contributed by atoms with Crippen molar-refractivity contribution in [3.8, 4) is 0 Å². The number of allylic oxidation sites excluding steroid dienone is 1. The van der Waals surface area contributed by atoms with Crippen LogP contribution in [-0.4, -0.2) is 69.6 Å². The van der Waals surface area contributed by atoms with Gasteiger partial charge in [0.15, 0.2) is 0 Å². The number of aliphatic hydroxyl groups excluding tert-OH is 1. The van der Waals surface area contributed by atoms with Crippen LogP contribution in [-0.2, 0) is 19.1 Å². The molecule has 7 nitrogen and oxygen atoms in total. The van der Waals surface area contributed by atoms with Gasteiger partial charge in [-0.3, -0.25) is 14.4 Å². The van der Waals surface area contributed by atoms with Gasteiger partial charge < -0.3 is 19.6 Å². The molecule has 0 aromatic heterocycles. The summed E-state index contributed by atoms with van der Waals surface area (Å²) in [6.45, 7) is 11.8. The molecule has 3 saturated heterocycles. The van der Waals surface area contributed by atoms with Crippen molar-refractivity contribution < 1.29 is 24.2 Å². The van der Waals surface area contributed by atoms with Gasteiger partial charge in [0.1, 0.15) is 6.04 Å². The average Bonchev–Trinajstić information content (AvgIpc) is 3.52. The molecule has 2 bridgehead atoms. The molecule has 3 unspecified atom stereocenters. The standard InChI is InChI=1S/C30H39ClN2O5S/c1-5-8-9-12-16-38-29(37)24-23-17-19(4)30(39-23)25(24)27(35)33(20(7-3)18-34)26(30)28(36)32(15-6-2)22-14-11-10-13-21(22)31/h5-6,10-11,13-14,19-20,23-26,34H,1-2,7-9,12,15-18H2,3-4H3/t19?,20-,23+,24-,25-,26?,30?/m0/s1. The quantitative estimate of drug-likeness (QED) is 0.205. The first-order chi connectivity index (χ1) is 18.8. The zero-order valence-electron chi connectivity index (χ0n) is 22.8. The smallest absolute Gasteiger partial charge is 0.310 e. The summed E-state index contributed by atoms with van der Waals surface area (Å²) >= 11 is 8.12. The van der Waals surface area contributed by atoms with E-state index < -0.39 is 28.7 Å². The number of esters is 1. The number of thioether (sulfide) groups is 1. The van der Waals surface area contributed by atoms with Crippen molar-refractivity contribution in [2.45, 2.75) is 68.0 Å². The van der Waals surface area contributed by atoms with E-state index in [0.717, 1.165) is 19.3 Å². The number of carbonyl (C=O) groups is 3. The fourth-order valence-electron chi connectivity index (χ4n) is 6.73. The Balaban J connectivity index is 1.74. The molecule has 1 spiro atoms. The van der Waals surface area contributed by atoms with Gasteiger partial charge in [0, 0.05) is 11.8 Å². The average molecular weight is 575 g/mol. The second kappa shape index (κ2) is 12.5. The second-order valence-electron chi connectivity index (χ2n) is 10.7. The maximum absolute atomic E-state index is 14.6. The lowest BCUT2D eigenvalue weighted by atomic mass is 9.66. The van der Waals surface area contributed by atoms with Crippen molar-refractivity contribution >= 4 is 46.8 Å². The number of fused-ring (bicyclic) bond motifs is 1. The van der Waals surface area contributed by atoms with E-state index in [1.807, 2.05) is 19.1 Å². The summed E-state index contributed by atoms with van der Waals surface area (Å²) in [5.74, 6) is -2.19. The number of carbonyl (C=O) groups excluding carboxylic acids is 3. The number of rotatable bonds is 13. The highest BCUT2D eigenvalue weighted by atomic mass is 35.5. The van der Waals surface area contributed by atoms with Crippen LogP contribution < -0.4 is 4.90 Å². The lowest BCUT2D eigenvalue weighted by molar-refractivity contribution is -0.155. The molecule has 212 valence electrons. The summed E-state index contributed by atoms with van der Waals surface area (Å²) in [5, 5.41) is 10.6. The molecule has 9 heteroatoms. The first-order valence-electron chi connectivity index (χ1n) is 13.8. The van der Waals surface area contributed by atoms with Crippen molar-refractivity contribution in [2.75, 3.05) is 24.7 Å². The monoisotopic (exact) mass is 574 g/mol. The van der Waals surface area contributed by atoms with Gasteiger partial charge in [-0.15, -0.1) is 24.9 Å². The molecule has 3 aliphatic heterocycles. The Hall–Kier alpha value is -2.29. The van der Waals surface area contributed by atoms with Crippen LogP contribution in [0.15, 0.2) is 49.6 Å². The summed E-state index contributed by atoms with van der Waals surface area (Å²) in [6, 6.07) is 5.70. The number of halogens is 1. The van der Waals surface area contributed by atoms with E-state index in [1.165, 1.54) is 0 Å². The third-order valence-electron chi connectivity index (χ3n) is 8.53. The van der Waals surface area contributed by atoms with Crippen LogP contribution in [0.25, 0.3) is 0 Å². The minimum atomic E-state index is -0.862. The number of ether oxygens (including phenoxy) is 1. The normalized spacial score (nSPS) is 29.7. The van der Waals surface area contributed by atoms with Crippen molar-refractivity contribution in [3.63, 3.8) is 0 Å². The number of nitrogens with zero attached hydrogens (tertiary/aromatic N) is 2. The van der Waals surface area contributed by atoms with Crippen LogP contribution in [0.3, 0.4) is 0 Å². The predicted octanol–water partition coefficient (Wildman–Crippen LogP) is 4.87. The van der Waals surface area contributed by atoms with Gasteiger partial charge in [0.05, 0.1) is 46.5 Å². The summed E-state index contributed by atoms with van der Waals surface area (Å²) in [7, 11) is 0. The number of hydrogen-bond acceptors (Lipinski definition) is 6. The molecule has 0 radical (unpaired) electrons. The van der Waals surface area contributed by atoms with E-state index in [-0.39, 0.29) is 42.1 Å². The number of anilines is 1. The largest absolute Gasteiger partial charge is 0.465 e. The molecule has 2 amide bonds. The Morgan fingerprint density at radius 2 is 2.05 bits per heavy atom. The van der Waals surface area contributed by atoms with Crippen molar-refractivity contribution in [2.24, 2.45) is 17.8 Å². The van der Waals surface area contributed by atoms with Gasteiger partial charge in [-0.2, -0.15) is 0 Å². The van der Waals surface area contributed by atoms with Gasteiger partial charge in [-0.25, -0.2) is 0 Å². The van der Waals surface area contributed by atoms with E-state index in [2.05, 4.69) is 20.1 Å². The number of amides is 2. The molecule has 1 aromatic rings. The number of hydrogen-bond donors (Lipinski definition) is 1. The molecule has 0 aliphatic carbocycles. The number of aliphatic hydroxyl groups is 1. The molecule has 1 aromatic carbocycles. The van der Waals surface area contributed by atoms with Gasteiger partial charge >= 0.3 is 5.97 Å².